The number of anilines is 1. The summed E-state index contributed by atoms with van der Waals surface area (Å²) in [5.74, 6) is 0.586. The zero-order chi connectivity index (χ0) is 13.0. The molecule has 2 aromatic rings. The lowest BCUT2D eigenvalue weighted by Crippen LogP contribution is -2.03. The molecule has 0 unspecified atom stereocenters. The van der Waals surface area contributed by atoms with Crippen LogP contribution in [0.4, 0.5) is 5.82 Å². The van der Waals surface area contributed by atoms with E-state index in [0.29, 0.717) is 17.9 Å². The van der Waals surface area contributed by atoms with E-state index < -0.39 is 0 Å². The van der Waals surface area contributed by atoms with Crippen LogP contribution >= 0.6 is 0 Å². The molecule has 5 heteroatoms. The highest BCUT2D eigenvalue weighted by Crippen LogP contribution is 2.21. The van der Waals surface area contributed by atoms with Gasteiger partial charge in [0.05, 0.1) is 17.0 Å². The van der Waals surface area contributed by atoms with Crippen LogP contribution in [0.3, 0.4) is 0 Å². The van der Waals surface area contributed by atoms with Gasteiger partial charge in [-0.1, -0.05) is 0 Å². The van der Waals surface area contributed by atoms with Crippen LogP contribution in [0.1, 0.15) is 18.2 Å². The van der Waals surface area contributed by atoms with Gasteiger partial charge in [-0.15, -0.1) is 0 Å². The molecule has 0 saturated carbocycles. The molecule has 5 nitrogen and oxygen atoms in total. The van der Waals surface area contributed by atoms with E-state index in [-0.39, 0.29) is 0 Å². The van der Waals surface area contributed by atoms with Crippen molar-refractivity contribution in [2.45, 2.75) is 13.8 Å². The smallest absolute Gasteiger partial charge is 0.144 e. The molecule has 90 valence electrons. The van der Waals surface area contributed by atoms with Gasteiger partial charge in [-0.25, -0.2) is 4.98 Å². The van der Waals surface area contributed by atoms with Gasteiger partial charge in [-0.05, 0) is 26.0 Å². The molecule has 2 rings (SSSR count). The van der Waals surface area contributed by atoms with Crippen LogP contribution in [0.25, 0.3) is 11.4 Å². The SMILES string of the molecule is CCNc1nc(-c2nccnc2C)ccc1C#N. The third-order valence-electron chi connectivity index (χ3n) is 2.48. The van der Waals surface area contributed by atoms with E-state index in [4.69, 9.17) is 5.26 Å². The molecule has 0 bridgehead atoms. The Bertz CT molecular complexity index is 601. The molecule has 0 amide bonds. The van der Waals surface area contributed by atoms with Gasteiger partial charge in [0.1, 0.15) is 17.6 Å². The van der Waals surface area contributed by atoms with Crippen LogP contribution in [0.2, 0.25) is 0 Å². The molecule has 2 aromatic heterocycles. The van der Waals surface area contributed by atoms with Gasteiger partial charge in [-0.3, -0.25) is 9.97 Å². The molecule has 0 aliphatic heterocycles. The maximum atomic E-state index is 9.00. The molecule has 0 aliphatic carbocycles. The molecule has 0 atom stereocenters. The van der Waals surface area contributed by atoms with E-state index in [2.05, 4.69) is 26.3 Å². The Morgan fingerprint density at radius 1 is 1.28 bits per heavy atom. The predicted octanol–water partition coefficient (Wildman–Crippen LogP) is 2.15. The van der Waals surface area contributed by atoms with Crippen molar-refractivity contribution in [1.82, 2.24) is 15.0 Å². The minimum absolute atomic E-state index is 0.530. The molecule has 18 heavy (non-hydrogen) atoms. The molecule has 1 N–H and O–H groups in total. The third kappa shape index (κ3) is 2.28. The van der Waals surface area contributed by atoms with Crippen LogP contribution in [0.5, 0.6) is 0 Å². The highest BCUT2D eigenvalue weighted by molar-refractivity contribution is 5.63. The van der Waals surface area contributed by atoms with Gasteiger partial charge in [0.15, 0.2) is 0 Å². The largest absolute Gasteiger partial charge is 0.369 e. The van der Waals surface area contributed by atoms with Crippen molar-refractivity contribution in [2.75, 3.05) is 11.9 Å². The lowest BCUT2D eigenvalue weighted by atomic mass is 10.2. The lowest BCUT2D eigenvalue weighted by Gasteiger charge is -2.08. The Morgan fingerprint density at radius 2 is 2.06 bits per heavy atom. The highest BCUT2D eigenvalue weighted by Gasteiger charge is 2.09. The van der Waals surface area contributed by atoms with Crippen molar-refractivity contribution in [2.24, 2.45) is 0 Å². The Kier molecular flexibility index (Phi) is 3.49. The van der Waals surface area contributed by atoms with Crippen LogP contribution in [-0.4, -0.2) is 21.5 Å². The van der Waals surface area contributed by atoms with Crippen molar-refractivity contribution in [3.63, 3.8) is 0 Å². The van der Waals surface area contributed by atoms with Gasteiger partial charge in [0, 0.05) is 18.9 Å². The lowest BCUT2D eigenvalue weighted by molar-refractivity contribution is 1.09. The summed E-state index contributed by atoms with van der Waals surface area (Å²) >= 11 is 0. The number of nitriles is 1. The van der Waals surface area contributed by atoms with Crippen molar-refractivity contribution in [1.29, 1.82) is 5.26 Å². The molecule has 0 fully saturated rings. The monoisotopic (exact) mass is 239 g/mol. The minimum atomic E-state index is 0.530. The predicted molar refractivity (Wildman–Crippen MR) is 68.9 cm³/mol. The first-order chi connectivity index (χ1) is 8.76. The maximum Gasteiger partial charge on any atom is 0.144 e. The molecule has 2 heterocycles. The summed E-state index contributed by atoms with van der Waals surface area (Å²) < 4.78 is 0. The van der Waals surface area contributed by atoms with E-state index in [9.17, 15) is 0 Å². The molecule has 0 aliphatic rings. The fourth-order valence-corrected chi connectivity index (χ4v) is 1.64. The summed E-state index contributed by atoms with van der Waals surface area (Å²) in [5.41, 5.74) is 2.80. The van der Waals surface area contributed by atoms with Crippen LogP contribution in [0, 0.1) is 18.3 Å². The first-order valence-corrected chi connectivity index (χ1v) is 5.69. The zero-order valence-electron chi connectivity index (χ0n) is 10.3. The average Bonchev–Trinajstić information content (AvgIpc) is 2.40. The van der Waals surface area contributed by atoms with Gasteiger partial charge in [0.2, 0.25) is 0 Å². The molecule has 0 radical (unpaired) electrons. The van der Waals surface area contributed by atoms with E-state index in [1.54, 1.807) is 24.5 Å². The topological polar surface area (TPSA) is 74.5 Å². The standard InChI is InChI=1S/C13H13N5/c1-3-15-13-10(8-14)4-5-11(18-13)12-9(2)16-6-7-17-12/h4-7H,3H2,1-2H3,(H,15,18). The Hall–Kier alpha value is -2.48. The van der Waals surface area contributed by atoms with Crippen LogP contribution < -0.4 is 5.32 Å². The second-order valence-electron chi connectivity index (χ2n) is 3.73. The fraction of sp³-hybridized carbons (Fsp3) is 0.231. The molecule has 0 saturated heterocycles. The van der Waals surface area contributed by atoms with Gasteiger partial charge in [0.25, 0.3) is 0 Å². The summed E-state index contributed by atoms with van der Waals surface area (Å²) in [6.07, 6.45) is 3.28. The van der Waals surface area contributed by atoms with Crippen molar-refractivity contribution in [3.05, 3.63) is 35.8 Å². The third-order valence-corrected chi connectivity index (χ3v) is 2.48. The highest BCUT2D eigenvalue weighted by atomic mass is 15.0. The number of aromatic nitrogens is 3. The number of rotatable bonds is 3. The van der Waals surface area contributed by atoms with Gasteiger partial charge in [-0.2, -0.15) is 5.26 Å². The Morgan fingerprint density at radius 3 is 2.72 bits per heavy atom. The van der Waals surface area contributed by atoms with E-state index in [1.165, 1.54) is 0 Å². The molecule has 0 aromatic carbocycles. The van der Waals surface area contributed by atoms with Crippen molar-refractivity contribution >= 4 is 5.82 Å². The van der Waals surface area contributed by atoms with Crippen molar-refractivity contribution in [3.8, 4) is 17.5 Å². The summed E-state index contributed by atoms with van der Waals surface area (Å²) in [5, 5.41) is 12.1. The van der Waals surface area contributed by atoms with E-state index in [0.717, 1.165) is 17.1 Å². The van der Waals surface area contributed by atoms with E-state index >= 15 is 0 Å². The normalized spacial score (nSPS) is 9.83. The molecule has 0 spiro atoms. The number of aryl methyl sites for hydroxylation is 1. The number of hydrogen-bond donors (Lipinski definition) is 1. The van der Waals surface area contributed by atoms with Gasteiger partial charge >= 0.3 is 0 Å². The first kappa shape index (κ1) is 12.0. The number of nitrogens with zero attached hydrogens (tertiary/aromatic N) is 4. The molecular formula is C13H13N5. The van der Waals surface area contributed by atoms with Crippen LogP contribution in [-0.2, 0) is 0 Å². The van der Waals surface area contributed by atoms with E-state index in [1.807, 2.05) is 13.8 Å². The summed E-state index contributed by atoms with van der Waals surface area (Å²) in [4.78, 5) is 12.9. The Balaban J connectivity index is 2.51. The summed E-state index contributed by atoms with van der Waals surface area (Å²) in [7, 11) is 0. The number of pyridine rings is 1. The van der Waals surface area contributed by atoms with Crippen molar-refractivity contribution < 1.29 is 0 Å². The number of hydrogen-bond acceptors (Lipinski definition) is 5. The Labute approximate surface area is 106 Å². The quantitative estimate of drug-likeness (QED) is 0.888. The first-order valence-electron chi connectivity index (χ1n) is 5.69. The molecular weight excluding hydrogens is 226 g/mol. The second kappa shape index (κ2) is 5.23. The minimum Gasteiger partial charge on any atom is -0.369 e. The van der Waals surface area contributed by atoms with Gasteiger partial charge < -0.3 is 5.32 Å². The second-order valence-corrected chi connectivity index (χ2v) is 3.73. The maximum absolute atomic E-state index is 9.00. The average molecular weight is 239 g/mol. The zero-order valence-corrected chi connectivity index (χ0v) is 10.3. The van der Waals surface area contributed by atoms with Crippen LogP contribution in [0.15, 0.2) is 24.5 Å². The fourth-order valence-electron chi connectivity index (χ4n) is 1.64. The summed E-state index contributed by atoms with van der Waals surface area (Å²) in [6.45, 7) is 4.56. The summed E-state index contributed by atoms with van der Waals surface area (Å²) in [6, 6.07) is 5.65. The number of nitrogens with one attached hydrogen (secondary N) is 1.